The van der Waals surface area contributed by atoms with Gasteiger partial charge in [0, 0.05) is 19.4 Å². The molecule has 0 aliphatic heterocycles. The maximum Gasteiger partial charge on any atom is 0.143 e. The maximum absolute atomic E-state index is 13.0. The molecule has 0 radical (unpaired) electrons. The van der Waals surface area contributed by atoms with Crippen LogP contribution in [0.4, 0.5) is 0 Å². The van der Waals surface area contributed by atoms with Crippen molar-refractivity contribution in [2.45, 2.75) is 213 Å². The number of nitrogens with two attached hydrogens (primary N) is 1. The highest BCUT2D eigenvalue weighted by Crippen LogP contribution is 2.20. The van der Waals surface area contributed by atoms with E-state index in [2.05, 4.69) is 13.8 Å². The van der Waals surface area contributed by atoms with Crippen LogP contribution in [0.1, 0.15) is 206 Å². The molecule has 0 amide bonds. The van der Waals surface area contributed by atoms with Crippen molar-refractivity contribution < 1.29 is 14.7 Å². The lowest BCUT2D eigenvalue weighted by Crippen LogP contribution is -2.27. The minimum absolute atomic E-state index is 0.0944. The van der Waals surface area contributed by atoms with Crippen LogP contribution in [-0.2, 0) is 9.59 Å². The summed E-state index contributed by atoms with van der Waals surface area (Å²) < 4.78 is 0. The zero-order valence-electron chi connectivity index (χ0n) is 27.9. The smallest absolute Gasteiger partial charge is 0.143 e. The van der Waals surface area contributed by atoms with Crippen molar-refractivity contribution in [1.82, 2.24) is 0 Å². The van der Waals surface area contributed by atoms with E-state index in [0.717, 1.165) is 25.7 Å². The number of rotatable bonds is 34. The van der Waals surface area contributed by atoms with Crippen LogP contribution in [0.5, 0.6) is 0 Å². The number of ketones is 2. The van der Waals surface area contributed by atoms with Crippen LogP contribution in [0.3, 0.4) is 0 Å². The third-order valence-electron chi connectivity index (χ3n) is 8.89. The van der Waals surface area contributed by atoms with Crippen molar-refractivity contribution in [3.63, 3.8) is 0 Å². The highest BCUT2D eigenvalue weighted by Gasteiger charge is 2.25. The van der Waals surface area contributed by atoms with Gasteiger partial charge in [0.25, 0.3) is 0 Å². The van der Waals surface area contributed by atoms with Gasteiger partial charge in [0.15, 0.2) is 0 Å². The first-order chi connectivity index (χ1) is 20.1. The molecule has 0 saturated heterocycles. The van der Waals surface area contributed by atoms with E-state index < -0.39 is 12.0 Å². The summed E-state index contributed by atoms with van der Waals surface area (Å²) in [6.07, 6.45) is 34.7. The normalized spacial score (nSPS) is 12.3. The second-order valence-electron chi connectivity index (χ2n) is 12.9. The molecular weight excluding hydrogens is 506 g/mol. The summed E-state index contributed by atoms with van der Waals surface area (Å²) in [6.45, 7) is 4.72. The number of aliphatic hydroxyl groups excluding tert-OH is 1. The van der Waals surface area contributed by atoms with Crippen LogP contribution < -0.4 is 5.73 Å². The predicted molar refractivity (Wildman–Crippen MR) is 178 cm³/mol. The molecule has 0 aliphatic carbocycles. The molecule has 41 heavy (non-hydrogen) atoms. The number of carbonyl (C=O) groups is 2. The second kappa shape index (κ2) is 32.2. The van der Waals surface area contributed by atoms with Gasteiger partial charge in [-0.3, -0.25) is 9.59 Å². The lowest BCUT2D eigenvalue weighted by molar-refractivity contribution is -0.133. The van der Waals surface area contributed by atoms with E-state index in [1.54, 1.807) is 0 Å². The lowest BCUT2D eigenvalue weighted by atomic mass is 9.87. The molecular formula is C37H73NO3. The van der Waals surface area contributed by atoms with Gasteiger partial charge in [-0.05, 0) is 25.7 Å². The Morgan fingerprint density at radius 1 is 0.463 bits per heavy atom. The molecule has 0 aromatic heterocycles. The Morgan fingerprint density at radius 3 is 1.00 bits per heavy atom. The van der Waals surface area contributed by atoms with Crippen molar-refractivity contribution >= 4 is 11.6 Å². The molecule has 0 spiro atoms. The van der Waals surface area contributed by atoms with E-state index in [0.29, 0.717) is 25.7 Å². The molecule has 4 nitrogen and oxygen atoms in total. The quantitative estimate of drug-likeness (QED) is 0.0587. The van der Waals surface area contributed by atoms with E-state index in [-0.39, 0.29) is 18.1 Å². The summed E-state index contributed by atoms with van der Waals surface area (Å²) >= 11 is 0. The minimum atomic E-state index is -0.620. The number of hydrogen-bond acceptors (Lipinski definition) is 4. The Hall–Kier alpha value is -0.740. The number of carbonyl (C=O) groups excluding carboxylic acids is 2. The van der Waals surface area contributed by atoms with Gasteiger partial charge in [0.1, 0.15) is 11.6 Å². The fourth-order valence-electron chi connectivity index (χ4n) is 5.96. The largest absolute Gasteiger partial charge is 0.392 e. The van der Waals surface area contributed by atoms with Crippen molar-refractivity contribution in [2.24, 2.45) is 11.7 Å². The average molecular weight is 580 g/mol. The van der Waals surface area contributed by atoms with Gasteiger partial charge in [-0.25, -0.2) is 0 Å². The summed E-state index contributed by atoms with van der Waals surface area (Å²) in [4.78, 5) is 26.0. The molecule has 0 aromatic carbocycles. The van der Waals surface area contributed by atoms with Gasteiger partial charge in [-0.1, -0.05) is 168 Å². The Kier molecular flexibility index (Phi) is 31.6. The van der Waals surface area contributed by atoms with E-state index >= 15 is 0 Å². The van der Waals surface area contributed by atoms with E-state index in [4.69, 9.17) is 5.73 Å². The summed E-state index contributed by atoms with van der Waals surface area (Å²) in [6, 6.07) is 0. The van der Waals surface area contributed by atoms with E-state index in [1.807, 2.05) is 0 Å². The summed E-state index contributed by atoms with van der Waals surface area (Å²) in [5.41, 5.74) is 5.57. The van der Waals surface area contributed by atoms with E-state index in [1.165, 1.54) is 141 Å². The van der Waals surface area contributed by atoms with Crippen LogP contribution in [0, 0.1) is 5.92 Å². The second-order valence-corrected chi connectivity index (χ2v) is 12.9. The number of unbranched alkanes of at least 4 members (excludes halogenated alkanes) is 24. The third-order valence-corrected chi connectivity index (χ3v) is 8.89. The molecule has 0 heterocycles. The standard InChI is InChI=1S/C37H73NO3/c1-3-5-7-9-11-13-15-17-19-21-23-25-27-29-36(40)35(32-31-34(39)33-38)37(41)30-28-26-24-22-20-18-16-14-12-10-8-6-4-2/h34-35,39H,3-33,38H2,1-2H3. The zero-order chi connectivity index (χ0) is 30.2. The fraction of sp³-hybridized carbons (Fsp3) is 0.946. The Labute approximate surface area is 256 Å². The Morgan fingerprint density at radius 2 is 0.732 bits per heavy atom. The van der Waals surface area contributed by atoms with Crippen molar-refractivity contribution in [2.75, 3.05) is 6.54 Å². The summed E-state index contributed by atoms with van der Waals surface area (Å²) in [5.74, 6) is -0.347. The fourth-order valence-corrected chi connectivity index (χ4v) is 5.96. The first-order valence-corrected chi connectivity index (χ1v) is 18.5. The first-order valence-electron chi connectivity index (χ1n) is 18.5. The van der Waals surface area contributed by atoms with Crippen LogP contribution in [-0.4, -0.2) is 29.3 Å². The van der Waals surface area contributed by atoms with Crippen LogP contribution in [0.2, 0.25) is 0 Å². The van der Waals surface area contributed by atoms with Crippen molar-refractivity contribution in [1.29, 1.82) is 0 Å². The maximum atomic E-state index is 13.0. The van der Waals surface area contributed by atoms with Gasteiger partial charge in [0.2, 0.25) is 0 Å². The minimum Gasteiger partial charge on any atom is -0.392 e. The molecule has 4 heteroatoms. The lowest BCUT2D eigenvalue weighted by Gasteiger charge is -2.17. The average Bonchev–Trinajstić information content (AvgIpc) is 2.97. The van der Waals surface area contributed by atoms with Crippen molar-refractivity contribution in [3.05, 3.63) is 0 Å². The molecule has 1 unspecified atom stereocenters. The van der Waals surface area contributed by atoms with Crippen molar-refractivity contribution in [3.8, 4) is 0 Å². The molecule has 1 atom stereocenters. The summed E-state index contributed by atoms with van der Waals surface area (Å²) in [7, 11) is 0. The number of hydrogen-bond donors (Lipinski definition) is 2. The van der Waals surface area contributed by atoms with Gasteiger partial charge in [0.05, 0.1) is 12.0 Å². The van der Waals surface area contributed by atoms with Crippen LogP contribution >= 0.6 is 0 Å². The van der Waals surface area contributed by atoms with Gasteiger partial charge in [-0.2, -0.15) is 0 Å². The monoisotopic (exact) mass is 580 g/mol. The molecule has 0 bridgehead atoms. The summed E-state index contributed by atoms with van der Waals surface area (Å²) in [5, 5.41) is 9.92. The highest BCUT2D eigenvalue weighted by molar-refractivity contribution is 6.02. The molecule has 0 aromatic rings. The van der Waals surface area contributed by atoms with Gasteiger partial charge < -0.3 is 10.8 Å². The van der Waals surface area contributed by atoms with Gasteiger partial charge in [-0.15, -0.1) is 0 Å². The molecule has 244 valence electrons. The zero-order valence-corrected chi connectivity index (χ0v) is 27.9. The number of Topliss-reactive ketones (excluding diaryl/α,β-unsaturated/α-hetero) is 2. The SMILES string of the molecule is CCCCCCCCCCCCCCCC(=O)C(CCC(O)CN)C(=O)CCCCCCCCCCCCCCC. The van der Waals surface area contributed by atoms with Crippen LogP contribution in [0.25, 0.3) is 0 Å². The molecule has 0 fully saturated rings. The van der Waals surface area contributed by atoms with Crippen LogP contribution in [0.15, 0.2) is 0 Å². The Balaban J connectivity index is 3.99. The molecule has 0 saturated carbocycles. The highest BCUT2D eigenvalue weighted by atomic mass is 16.3. The topological polar surface area (TPSA) is 80.4 Å². The number of aliphatic hydroxyl groups is 1. The first kappa shape index (κ1) is 40.3. The van der Waals surface area contributed by atoms with E-state index in [9.17, 15) is 14.7 Å². The Bertz CT molecular complexity index is 522. The predicted octanol–water partition coefficient (Wildman–Crippen LogP) is 10.8. The molecule has 0 rings (SSSR count). The molecule has 0 aliphatic rings. The third kappa shape index (κ3) is 27.8. The van der Waals surface area contributed by atoms with Gasteiger partial charge >= 0.3 is 0 Å². The molecule has 3 N–H and O–H groups in total.